The maximum atomic E-state index is 14.9. The van der Waals surface area contributed by atoms with Crippen molar-refractivity contribution in [2.45, 2.75) is 24.7 Å². The molecule has 256 valence electrons. The SMILES string of the molecule is Cc1ccc(N(c2ccccc2)c2ccc(N3C(=O)c4ccc(C(c5ccc6c(c5)C(=O)NC6=O)(C(F)(F)F)C(F)(F)F)cc4C3=O)cc2)cc1. The molecular formula is C38H23F6N3O4. The van der Waals surface area contributed by atoms with E-state index < -0.39 is 69.2 Å². The lowest BCUT2D eigenvalue weighted by molar-refractivity contribution is -0.288. The number of hydrogen-bond donors (Lipinski definition) is 1. The normalized spacial score (nSPS) is 14.5. The Morgan fingerprint density at radius 2 is 1.00 bits per heavy atom. The molecule has 0 spiro atoms. The fraction of sp³-hybridized carbons (Fsp3) is 0.105. The van der Waals surface area contributed by atoms with Gasteiger partial charge in [-0.3, -0.25) is 24.5 Å². The van der Waals surface area contributed by atoms with Gasteiger partial charge in [0.15, 0.2) is 0 Å². The van der Waals surface area contributed by atoms with Gasteiger partial charge in [-0.25, -0.2) is 4.90 Å². The van der Waals surface area contributed by atoms with E-state index in [4.69, 9.17) is 0 Å². The Labute approximate surface area is 285 Å². The molecule has 0 atom stereocenters. The molecule has 0 unspecified atom stereocenters. The number of fused-ring (bicyclic) bond motifs is 2. The Bertz CT molecular complexity index is 2240. The van der Waals surface area contributed by atoms with Crippen molar-refractivity contribution in [3.63, 3.8) is 0 Å². The van der Waals surface area contributed by atoms with Crippen molar-refractivity contribution in [3.05, 3.63) is 154 Å². The molecule has 2 aliphatic rings. The second-order valence-corrected chi connectivity index (χ2v) is 12.0. The van der Waals surface area contributed by atoms with Gasteiger partial charge in [-0.1, -0.05) is 48.0 Å². The number of aryl methyl sites for hydroxylation is 1. The molecule has 2 aliphatic heterocycles. The van der Waals surface area contributed by atoms with Gasteiger partial charge in [-0.2, -0.15) is 26.3 Å². The van der Waals surface area contributed by atoms with E-state index in [1.165, 1.54) is 12.1 Å². The number of rotatable bonds is 6. The third-order valence-corrected chi connectivity index (χ3v) is 9.01. The molecule has 7 rings (SSSR count). The molecule has 4 amide bonds. The second kappa shape index (κ2) is 11.7. The van der Waals surface area contributed by atoms with Gasteiger partial charge in [0.25, 0.3) is 23.6 Å². The molecule has 5 aromatic carbocycles. The first kappa shape index (κ1) is 33.3. The zero-order valence-electron chi connectivity index (χ0n) is 26.3. The smallest absolute Gasteiger partial charge is 0.311 e. The summed E-state index contributed by atoms with van der Waals surface area (Å²) in [7, 11) is 0. The van der Waals surface area contributed by atoms with E-state index in [1.807, 2.05) is 71.7 Å². The van der Waals surface area contributed by atoms with Crippen LogP contribution in [0.2, 0.25) is 0 Å². The highest BCUT2D eigenvalue weighted by Crippen LogP contribution is 2.57. The number of para-hydroxylation sites is 1. The second-order valence-electron chi connectivity index (χ2n) is 12.0. The van der Waals surface area contributed by atoms with Crippen LogP contribution in [0.15, 0.2) is 115 Å². The van der Waals surface area contributed by atoms with Crippen LogP contribution in [0, 0.1) is 6.92 Å². The molecule has 51 heavy (non-hydrogen) atoms. The Hall–Kier alpha value is -6.24. The van der Waals surface area contributed by atoms with Crippen molar-refractivity contribution in [1.82, 2.24) is 5.32 Å². The van der Waals surface area contributed by atoms with Crippen molar-refractivity contribution in [2.75, 3.05) is 9.80 Å². The molecule has 0 aromatic heterocycles. The number of nitrogens with one attached hydrogen (secondary N) is 1. The summed E-state index contributed by atoms with van der Waals surface area (Å²) in [6.45, 7) is 1.94. The van der Waals surface area contributed by atoms with Gasteiger partial charge in [0.1, 0.15) is 0 Å². The lowest BCUT2D eigenvalue weighted by atomic mass is 9.71. The van der Waals surface area contributed by atoms with Crippen LogP contribution < -0.4 is 15.1 Å². The van der Waals surface area contributed by atoms with Crippen molar-refractivity contribution in [3.8, 4) is 0 Å². The Morgan fingerprint density at radius 3 is 1.57 bits per heavy atom. The first-order valence-electron chi connectivity index (χ1n) is 15.3. The lowest BCUT2D eigenvalue weighted by Crippen LogP contribution is -2.55. The number of halogens is 6. The average molecular weight is 700 g/mol. The highest BCUT2D eigenvalue weighted by molar-refractivity contribution is 6.34. The minimum absolute atomic E-state index is 0.0376. The molecule has 0 saturated carbocycles. The number of amides is 4. The topological polar surface area (TPSA) is 86.8 Å². The van der Waals surface area contributed by atoms with Gasteiger partial charge in [0.05, 0.1) is 27.9 Å². The Balaban J connectivity index is 1.29. The summed E-state index contributed by atoms with van der Waals surface area (Å²) in [5.74, 6) is -4.19. The van der Waals surface area contributed by atoms with Gasteiger partial charge in [-0.05, 0) is 90.8 Å². The summed E-state index contributed by atoms with van der Waals surface area (Å²) in [4.78, 5) is 54.0. The predicted molar refractivity (Wildman–Crippen MR) is 175 cm³/mol. The maximum absolute atomic E-state index is 14.9. The average Bonchev–Trinajstić information content (AvgIpc) is 3.51. The van der Waals surface area contributed by atoms with E-state index in [0.29, 0.717) is 40.9 Å². The number of anilines is 4. The van der Waals surface area contributed by atoms with Crippen LogP contribution in [0.25, 0.3) is 0 Å². The standard InChI is InChI=1S/C38H23F6N3O4/c1-21-7-11-25(12-8-21)46(24-5-3-2-4-6-24)26-13-15-27(16-14-26)47-34(50)29-18-10-23(20-31(29)35(47)51)36(37(39,40)41,38(42,43)44)22-9-17-28-30(19-22)33(49)45-32(28)48/h2-20H,1H3,(H,45,48,49). The van der Waals surface area contributed by atoms with Gasteiger partial charge in [-0.15, -0.1) is 0 Å². The van der Waals surface area contributed by atoms with Crippen LogP contribution in [0.5, 0.6) is 0 Å². The van der Waals surface area contributed by atoms with Crippen molar-refractivity contribution < 1.29 is 45.5 Å². The van der Waals surface area contributed by atoms with E-state index in [9.17, 15) is 45.5 Å². The van der Waals surface area contributed by atoms with Gasteiger partial charge >= 0.3 is 12.4 Å². The minimum Gasteiger partial charge on any atom is -0.311 e. The van der Waals surface area contributed by atoms with E-state index in [0.717, 1.165) is 23.0 Å². The van der Waals surface area contributed by atoms with Crippen LogP contribution in [0.3, 0.4) is 0 Å². The van der Waals surface area contributed by atoms with Crippen LogP contribution in [-0.2, 0) is 5.41 Å². The summed E-state index contributed by atoms with van der Waals surface area (Å²) >= 11 is 0. The Morgan fingerprint density at radius 1 is 0.529 bits per heavy atom. The number of imide groups is 2. The molecule has 0 bridgehead atoms. The first-order valence-corrected chi connectivity index (χ1v) is 15.3. The number of carbonyl (C=O) groups excluding carboxylic acids is 4. The Kier molecular flexibility index (Phi) is 7.62. The summed E-state index contributed by atoms with van der Waals surface area (Å²) in [5.41, 5.74) is -6.33. The third kappa shape index (κ3) is 5.15. The van der Waals surface area contributed by atoms with Crippen molar-refractivity contribution >= 4 is 46.4 Å². The van der Waals surface area contributed by atoms with E-state index in [-0.39, 0.29) is 11.3 Å². The number of carbonyl (C=O) groups is 4. The summed E-state index contributed by atoms with van der Waals surface area (Å²) in [6, 6.07) is 26.4. The molecule has 0 saturated heterocycles. The molecule has 7 nitrogen and oxygen atoms in total. The van der Waals surface area contributed by atoms with Crippen molar-refractivity contribution in [2.24, 2.45) is 0 Å². The number of alkyl halides is 6. The highest BCUT2D eigenvalue weighted by Gasteiger charge is 2.73. The maximum Gasteiger partial charge on any atom is 0.411 e. The number of hydrogen-bond acceptors (Lipinski definition) is 5. The molecule has 13 heteroatoms. The molecular weight excluding hydrogens is 676 g/mol. The molecule has 5 aromatic rings. The monoisotopic (exact) mass is 699 g/mol. The fourth-order valence-electron chi connectivity index (χ4n) is 6.56. The number of nitrogens with zero attached hydrogens (tertiary/aromatic N) is 2. The van der Waals surface area contributed by atoms with Crippen LogP contribution in [0.4, 0.5) is 49.1 Å². The summed E-state index contributed by atoms with van der Waals surface area (Å²) < 4.78 is 89.7. The zero-order valence-corrected chi connectivity index (χ0v) is 26.3. The van der Waals surface area contributed by atoms with Gasteiger partial charge in [0.2, 0.25) is 5.41 Å². The van der Waals surface area contributed by atoms with Crippen molar-refractivity contribution in [1.29, 1.82) is 0 Å². The highest BCUT2D eigenvalue weighted by atomic mass is 19.4. The molecule has 1 N–H and O–H groups in total. The first-order chi connectivity index (χ1) is 24.1. The quantitative estimate of drug-likeness (QED) is 0.142. The third-order valence-electron chi connectivity index (χ3n) is 9.01. The largest absolute Gasteiger partial charge is 0.411 e. The van der Waals surface area contributed by atoms with Crippen LogP contribution >= 0.6 is 0 Å². The van der Waals surface area contributed by atoms with Crippen LogP contribution in [0.1, 0.15) is 58.1 Å². The number of benzene rings is 5. The molecule has 0 radical (unpaired) electrons. The van der Waals surface area contributed by atoms with E-state index in [1.54, 1.807) is 12.1 Å². The molecule has 0 aliphatic carbocycles. The lowest BCUT2D eigenvalue weighted by Gasteiger charge is -2.38. The van der Waals surface area contributed by atoms with Crippen LogP contribution in [-0.4, -0.2) is 36.0 Å². The fourth-order valence-corrected chi connectivity index (χ4v) is 6.56. The zero-order chi connectivity index (χ0) is 36.5. The van der Waals surface area contributed by atoms with E-state index >= 15 is 0 Å². The van der Waals surface area contributed by atoms with Gasteiger partial charge in [0, 0.05) is 17.1 Å². The summed E-state index contributed by atoms with van der Waals surface area (Å²) in [6.07, 6.45) is -12.1. The predicted octanol–water partition coefficient (Wildman–Crippen LogP) is 8.56. The van der Waals surface area contributed by atoms with E-state index in [2.05, 4.69) is 0 Å². The molecule has 0 fully saturated rings. The van der Waals surface area contributed by atoms with Gasteiger partial charge < -0.3 is 4.90 Å². The minimum atomic E-state index is -6.06. The summed E-state index contributed by atoms with van der Waals surface area (Å²) in [5, 5.41) is 1.84. The molecule has 2 heterocycles.